The summed E-state index contributed by atoms with van der Waals surface area (Å²) in [5, 5.41) is 8.86. The van der Waals surface area contributed by atoms with Gasteiger partial charge < -0.3 is 14.4 Å². The zero-order valence-electron chi connectivity index (χ0n) is 11.1. The molecule has 0 aromatic carbocycles. The zero-order chi connectivity index (χ0) is 13.3. The highest BCUT2D eigenvalue weighted by Crippen LogP contribution is 2.33. The van der Waals surface area contributed by atoms with Crippen LogP contribution in [0.5, 0.6) is 0 Å². The first-order valence-electron chi connectivity index (χ1n) is 6.50. The summed E-state index contributed by atoms with van der Waals surface area (Å²) in [6.45, 7) is 7.40. The first kappa shape index (κ1) is 13.3. The van der Waals surface area contributed by atoms with Crippen molar-refractivity contribution >= 4 is 5.91 Å². The molecule has 0 aliphatic carbocycles. The van der Waals surface area contributed by atoms with E-state index in [0.717, 1.165) is 0 Å². The summed E-state index contributed by atoms with van der Waals surface area (Å²) in [7, 11) is 0. The van der Waals surface area contributed by atoms with Crippen molar-refractivity contribution in [3.05, 3.63) is 0 Å². The van der Waals surface area contributed by atoms with Crippen molar-refractivity contribution < 1.29 is 14.3 Å². The number of carbonyl (C=O) groups excluding carboxylic acids is 1. The van der Waals surface area contributed by atoms with E-state index >= 15 is 0 Å². The van der Waals surface area contributed by atoms with Gasteiger partial charge in [0.05, 0.1) is 37.3 Å². The van der Waals surface area contributed by atoms with E-state index in [4.69, 9.17) is 14.7 Å². The Morgan fingerprint density at radius 3 is 2.61 bits per heavy atom. The maximum atomic E-state index is 12.5. The molecule has 5 nitrogen and oxygen atoms in total. The van der Waals surface area contributed by atoms with Crippen LogP contribution in [0.1, 0.15) is 20.8 Å². The lowest BCUT2D eigenvalue weighted by Gasteiger charge is -2.33. The third-order valence-corrected chi connectivity index (χ3v) is 4.05. The molecule has 100 valence electrons. The van der Waals surface area contributed by atoms with E-state index in [1.165, 1.54) is 0 Å². The van der Waals surface area contributed by atoms with Crippen LogP contribution < -0.4 is 0 Å². The summed E-state index contributed by atoms with van der Waals surface area (Å²) in [6.07, 6.45) is -0.430. The maximum absolute atomic E-state index is 12.5. The Hall–Kier alpha value is -1.12. The summed E-state index contributed by atoms with van der Waals surface area (Å²) in [4.78, 5) is 14.3. The number of nitriles is 1. The smallest absolute Gasteiger partial charge is 0.228 e. The van der Waals surface area contributed by atoms with E-state index in [2.05, 4.69) is 13.0 Å². The molecule has 1 amide bonds. The molecular weight excluding hydrogens is 232 g/mol. The van der Waals surface area contributed by atoms with Crippen molar-refractivity contribution in [1.29, 1.82) is 5.26 Å². The van der Waals surface area contributed by atoms with Crippen LogP contribution in [0.15, 0.2) is 0 Å². The quantitative estimate of drug-likeness (QED) is 0.692. The first-order chi connectivity index (χ1) is 8.54. The molecule has 0 saturated carbocycles. The van der Waals surface area contributed by atoms with Gasteiger partial charge in [0.15, 0.2) is 6.10 Å². The van der Waals surface area contributed by atoms with E-state index in [9.17, 15) is 4.79 Å². The number of hydrogen-bond donors (Lipinski definition) is 0. The first-order valence-corrected chi connectivity index (χ1v) is 6.50. The van der Waals surface area contributed by atoms with Crippen LogP contribution in [0.2, 0.25) is 0 Å². The Kier molecular flexibility index (Phi) is 3.88. The minimum atomic E-state index is -0.493. The number of morpholine rings is 1. The number of amides is 1. The third kappa shape index (κ3) is 2.36. The van der Waals surface area contributed by atoms with Crippen molar-refractivity contribution in [2.75, 3.05) is 19.7 Å². The molecule has 0 aromatic heterocycles. The summed E-state index contributed by atoms with van der Waals surface area (Å²) in [5.74, 6) is 0.219. The summed E-state index contributed by atoms with van der Waals surface area (Å²) < 4.78 is 11.0. The van der Waals surface area contributed by atoms with Crippen molar-refractivity contribution in [1.82, 2.24) is 4.90 Å². The topological polar surface area (TPSA) is 62.6 Å². The minimum absolute atomic E-state index is 0.0501. The van der Waals surface area contributed by atoms with Gasteiger partial charge in [-0.05, 0) is 19.8 Å². The van der Waals surface area contributed by atoms with Crippen LogP contribution in [0.25, 0.3) is 0 Å². The van der Waals surface area contributed by atoms with Gasteiger partial charge in [-0.3, -0.25) is 4.79 Å². The van der Waals surface area contributed by atoms with Gasteiger partial charge in [0, 0.05) is 6.54 Å². The number of nitrogens with zero attached hydrogens (tertiary/aromatic N) is 2. The molecule has 0 radical (unpaired) electrons. The predicted molar refractivity (Wildman–Crippen MR) is 64.6 cm³/mol. The SMILES string of the molecule is CC1OC(C)C(C(=O)N2CCOC(C#N)C2)C1C. The lowest BCUT2D eigenvalue weighted by atomic mass is 9.88. The molecule has 5 heteroatoms. The lowest BCUT2D eigenvalue weighted by molar-refractivity contribution is -0.143. The third-order valence-electron chi connectivity index (χ3n) is 4.05. The molecule has 2 aliphatic heterocycles. The molecule has 2 saturated heterocycles. The van der Waals surface area contributed by atoms with Crippen LogP contribution >= 0.6 is 0 Å². The molecule has 0 aromatic rings. The Labute approximate surface area is 108 Å². The predicted octanol–water partition coefficient (Wildman–Crippen LogP) is 0.797. The molecule has 2 aliphatic rings. The summed E-state index contributed by atoms with van der Waals surface area (Å²) in [6, 6.07) is 2.06. The summed E-state index contributed by atoms with van der Waals surface area (Å²) >= 11 is 0. The molecule has 0 N–H and O–H groups in total. The normalized spacial score (nSPS) is 40.6. The lowest BCUT2D eigenvalue weighted by Crippen LogP contribution is -2.49. The van der Waals surface area contributed by atoms with Gasteiger partial charge in [-0.1, -0.05) is 6.92 Å². The van der Waals surface area contributed by atoms with E-state index in [0.29, 0.717) is 19.7 Å². The average molecular weight is 252 g/mol. The maximum Gasteiger partial charge on any atom is 0.228 e. The van der Waals surface area contributed by atoms with Crippen LogP contribution in [-0.4, -0.2) is 48.8 Å². The molecule has 5 unspecified atom stereocenters. The largest absolute Gasteiger partial charge is 0.374 e. The van der Waals surface area contributed by atoms with Crippen LogP contribution in [0, 0.1) is 23.2 Å². The van der Waals surface area contributed by atoms with Gasteiger partial charge >= 0.3 is 0 Å². The fourth-order valence-corrected chi connectivity index (χ4v) is 2.83. The van der Waals surface area contributed by atoms with Crippen LogP contribution in [0.3, 0.4) is 0 Å². The van der Waals surface area contributed by atoms with Crippen molar-refractivity contribution in [3.8, 4) is 6.07 Å². The number of rotatable bonds is 1. The molecule has 2 rings (SSSR count). The fraction of sp³-hybridized carbons (Fsp3) is 0.846. The highest BCUT2D eigenvalue weighted by molar-refractivity contribution is 5.80. The second kappa shape index (κ2) is 5.25. The second-order valence-electron chi connectivity index (χ2n) is 5.20. The van der Waals surface area contributed by atoms with Crippen molar-refractivity contribution in [2.24, 2.45) is 11.8 Å². The molecule has 18 heavy (non-hydrogen) atoms. The fourth-order valence-electron chi connectivity index (χ4n) is 2.83. The monoisotopic (exact) mass is 252 g/mol. The molecular formula is C13H20N2O3. The molecule has 0 bridgehead atoms. The Bertz CT molecular complexity index is 366. The van der Waals surface area contributed by atoms with E-state index in [1.54, 1.807) is 4.90 Å². The van der Waals surface area contributed by atoms with Gasteiger partial charge in [0.25, 0.3) is 0 Å². The molecule has 5 atom stereocenters. The Morgan fingerprint density at radius 2 is 2.06 bits per heavy atom. The number of ether oxygens (including phenoxy) is 2. The van der Waals surface area contributed by atoms with Gasteiger partial charge in [-0.2, -0.15) is 5.26 Å². The van der Waals surface area contributed by atoms with Crippen LogP contribution in [0.4, 0.5) is 0 Å². The average Bonchev–Trinajstić information content (AvgIpc) is 2.62. The zero-order valence-corrected chi connectivity index (χ0v) is 11.1. The van der Waals surface area contributed by atoms with Gasteiger partial charge in [0.2, 0.25) is 5.91 Å². The molecule has 2 heterocycles. The van der Waals surface area contributed by atoms with Gasteiger partial charge in [-0.25, -0.2) is 0 Å². The standard InChI is InChI=1S/C13H20N2O3/c1-8-9(2)18-10(3)12(8)13(16)15-4-5-17-11(6-14)7-15/h8-12H,4-5,7H2,1-3H3. The van der Waals surface area contributed by atoms with Gasteiger partial charge in [-0.15, -0.1) is 0 Å². The number of carbonyl (C=O) groups is 1. The second-order valence-corrected chi connectivity index (χ2v) is 5.20. The van der Waals surface area contributed by atoms with E-state index in [-0.39, 0.29) is 30.0 Å². The number of hydrogen-bond acceptors (Lipinski definition) is 4. The molecule has 0 spiro atoms. The highest BCUT2D eigenvalue weighted by Gasteiger charge is 2.43. The van der Waals surface area contributed by atoms with Gasteiger partial charge in [0.1, 0.15) is 0 Å². The summed E-state index contributed by atoms with van der Waals surface area (Å²) in [5.41, 5.74) is 0. The molecule has 2 fully saturated rings. The van der Waals surface area contributed by atoms with E-state index < -0.39 is 6.10 Å². The Morgan fingerprint density at radius 1 is 1.33 bits per heavy atom. The Balaban J connectivity index is 2.05. The van der Waals surface area contributed by atoms with E-state index in [1.807, 2.05) is 13.8 Å². The minimum Gasteiger partial charge on any atom is -0.374 e. The van der Waals surface area contributed by atoms with Crippen LogP contribution in [-0.2, 0) is 14.3 Å². The van der Waals surface area contributed by atoms with Crippen molar-refractivity contribution in [3.63, 3.8) is 0 Å². The highest BCUT2D eigenvalue weighted by atomic mass is 16.5. The van der Waals surface area contributed by atoms with Crippen molar-refractivity contribution in [2.45, 2.75) is 39.1 Å².